The average molecular weight is 301 g/mol. The lowest BCUT2D eigenvalue weighted by molar-refractivity contribution is -0.144. The van der Waals surface area contributed by atoms with E-state index in [4.69, 9.17) is 16.3 Å². The van der Waals surface area contributed by atoms with Gasteiger partial charge >= 0.3 is 5.97 Å². The zero-order valence-corrected chi connectivity index (χ0v) is 12.1. The Morgan fingerprint density at radius 2 is 2.20 bits per heavy atom. The first kappa shape index (κ1) is 16.4. The highest BCUT2D eigenvalue weighted by Gasteiger charge is 2.28. The van der Waals surface area contributed by atoms with E-state index in [-0.39, 0.29) is 23.1 Å². The third kappa shape index (κ3) is 4.18. The topological polar surface area (TPSA) is 88.5 Å². The molecule has 0 saturated heterocycles. The van der Waals surface area contributed by atoms with E-state index in [0.29, 0.717) is 13.0 Å². The van der Waals surface area contributed by atoms with Crippen molar-refractivity contribution in [1.29, 1.82) is 0 Å². The molecule has 2 N–H and O–H groups in total. The van der Waals surface area contributed by atoms with Gasteiger partial charge in [0.05, 0.1) is 6.61 Å². The molecule has 1 atom stereocenters. The molecule has 1 unspecified atom stereocenters. The fourth-order valence-electron chi connectivity index (χ4n) is 1.51. The third-order valence-corrected chi connectivity index (χ3v) is 2.74. The SMILES string of the molecule is CCCOC(=O)C(NCC)C(=O)c1cnc(O)c(Cl)c1. The Balaban J connectivity index is 2.92. The minimum Gasteiger partial charge on any atom is -0.492 e. The van der Waals surface area contributed by atoms with Gasteiger partial charge < -0.3 is 9.84 Å². The van der Waals surface area contributed by atoms with Gasteiger partial charge in [-0.25, -0.2) is 9.78 Å². The smallest absolute Gasteiger partial charge is 0.331 e. The number of pyridine rings is 1. The van der Waals surface area contributed by atoms with Crippen LogP contribution in [0.5, 0.6) is 5.88 Å². The van der Waals surface area contributed by atoms with Crippen LogP contribution in [0.15, 0.2) is 12.3 Å². The Labute approximate surface area is 122 Å². The third-order valence-electron chi connectivity index (χ3n) is 2.46. The van der Waals surface area contributed by atoms with E-state index < -0.39 is 17.8 Å². The highest BCUT2D eigenvalue weighted by Crippen LogP contribution is 2.21. The summed E-state index contributed by atoms with van der Waals surface area (Å²) in [5.41, 5.74) is 0.132. The molecule has 1 aromatic heterocycles. The van der Waals surface area contributed by atoms with Gasteiger partial charge in [-0.3, -0.25) is 10.1 Å². The van der Waals surface area contributed by atoms with Crippen molar-refractivity contribution in [2.24, 2.45) is 0 Å². The number of aromatic nitrogens is 1. The van der Waals surface area contributed by atoms with Crippen LogP contribution in [-0.4, -0.2) is 41.0 Å². The summed E-state index contributed by atoms with van der Waals surface area (Å²) in [5.74, 6) is -1.50. The minimum atomic E-state index is -1.10. The average Bonchev–Trinajstić information content (AvgIpc) is 2.44. The summed E-state index contributed by atoms with van der Waals surface area (Å²) >= 11 is 5.70. The molecule has 1 aromatic rings. The molecule has 0 saturated carbocycles. The lowest BCUT2D eigenvalue weighted by atomic mass is 10.1. The maximum atomic E-state index is 12.3. The van der Waals surface area contributed by atoms with Gasteiger partial charge in [0, 0.05) is 11.8 Å². The first-order valence-electron chi connectivity index (χ1n) is 6.30. The number of nitrogens with zero attached hydrogens (tertiary/aromatic N) is 1. The highest BCUT2D eigenvalue weighted by atomic mass is 35.5. The maximum Gasteiger partial charge on any atom is 0.331 e. The quantitative estimate of drug-likeness (QED) is 0.451. The molecule has 6 nitrogen and oxygen atoms in total. The number of nitrogens with one attached hydrogen (secondary N) is 1. The van der Waals surface area contributed by atoms with Gasteiger partial charge in [0.15, 0.2) is 11.8 Å². The molecule has 0 radical (unpaired) electrons. The maximum absolute atomic E-state index is 12.3. The van der Waals surface area contributed by atoms with E-state index in [9.17, 15) is 14.7 Å². The van der Waals surface area contributed by atoms with Gasteiger partial charge in [-0.1, -0.05) is 25.4 Å². The Hall–Kier alpha value is -1.66. The van der Waals surface area contributed by atoms with Gasteiger partial charge in [-0.15, -0.1) is 0 Å². The summed E-state index contributed by atoms with van der Waals surface area (Å²) in [6.45, 7) is 4.32. The van der Waals surface area contributed by atoms with Crippen molar-refractivity contribution in [2.45, 2.75) is 26.3 Å². The van der Waals surface area contributed by atoms with Gasteiger partial charge in [0.1, 0.15) is 5.02 Å². The van der Waals surface area contributed by atoms with Crippen LogP contribution in [0.4, 0.5) is 0 Å². The second-order valence-corrected chi connectivity index (χ2v) is 4.46. The number of rotatable bonds is 7. The van der Waals surface area contributed by atoms with Crippen molar-refractivity contribution >= 4 is 23.4 Å². The number of hydrogen-bond donors (Lipinski definition) is 2. The molecule has 0 aliphatic rings. The first-order chi connectivity index (χ1) is 9.51. The number of halogens is 1. The van der Waals surface area contributed by atoms with Gasteiger partial charge in [-0.05, 0) is 19.0 Å². The number of ketones is 1. The number of esters is 1. The fourth-order valence-corrected chi connectivity index (χ4v) is 1.67. The standard InChI is InChI=1S/C13H17ClN2O4/c1-3-5-20-13(19)10(15-4-2)11(17)8-6-9(14)12(18)16-7-8/h6-7,10,15H,3-5H2,1-2H3,(H,16,18). The summed E-state index contributed by atoms with van der Waals surface area (Å²) in [6, 6.07) is 0.165. The lowest BCUT2D eigenvalue weighted by Crippen LogP contribution is -2.44. The van der Waals surface area contributed by atoms with Crippen LogP contribution in [0.1, 0.15) is 30.6 Å². The monoisotopic (exact) mass is 300 g/mol. The summed E-state index contributed by atoms with van der Waals surface area (Å²) in [4.78, 5) is 27.7. The number of aromatic hydroxyl groups is 1. The normalized spacial score (nSPS) is 11.9. The van der Waals surface area contributed by atoms with E-state index in [1.165, 1.54) is 12.3 Å². The van der Waals surface area contributed by atoms with E-state index in [0.717, 1.165) is 0 Å². The van der Waals surface area contributed by atoms with Crippen LogP contribution in [0, 0.1) is 0 Å². The van der Waals surface area contributed by atoms with Crippen molar-refractivity contribution in [3.05, 3.63) is 22.8 Å². The molecule has 1 rings (SSSR count). The molecular weight excluding hydrogens is 284 g/mol. The lowest BCUT2D eigenvalue weighted by Gasteiger charge is -2.15. The molecule has 0 amide bonds. The Morgan fingerprint density at radius 1 is 1.50 bits per heavy atom. The van der Waals surface area contributed by atoms with Crippen LogP contribution >= 0.6 is 11.6 Å². The molecule has 0 bridgehead atoms. The molecule has 7 heteroatoms. The second-order valence-electron chi connectivity index (χ2n) is 4.05. The summed E-state index contributed by atoms with van der Waals surface area (Å²) in [6.07, 6.45) is 1.84. The molecule has 110 valence electrons. The molecule has 0 aliphatic heterocycles. The number of carbonyl (C=O) groups excluding carboxylic acids is 2. The van der Waals surface area contributed by atoms with Crippen LogP contribution < -0.4 is 5.32 Å². The summed E-state index contributed by atoms with van der Waals surface area (Å²) in [5, 5.41) is 11.9. The van der Waals surface area contributed by atoms with E-state index in [2.05, 4.69) is 10.3 Å². The van der Waals surface area contributed by atoms with Crippen LogP contribution in [0.3, 0.4) is 0 Å². The Kier molecular flexibility index (Phi) is 6.41. The fraction of sp³-hybridized carbons (Fsp3) is 0.462. The predicted octanol–water partition coefficient (Wildman–Crippen LogP) is 1.55. The number of Topliss-reactive ketones (excluding diaryl/α,β-unsaturated/α-hetero) is 1. The summed E-state index contributed by atoms with van der Waals surface area (Å²) < 4.78 is 4.98. The molecule has 0 fully saturated rings. The van der Waals surface area contributed by atoms with Gasteiger partial charge in [0.2, 0.25) is 5.88 Å². The largest absolute Gasteiger partial charge is 0.492 e. The number of likely N-dealkylation sites (N-methyl/N-ethyl adjacent to an activating group) is 1. The van der Waals surface area contributed by atoms with Crippen molar-refractivity contribution < 1.29 is 19.4 Å². The van der Waals surface area contributed by atoms with Crippen molar-refractivity contribution in [3.8, 4) is 5.88 Å². The van der Waals surface area contributed by atoms with Gasteiger partial charge in [0.25, 0.3) is 0 Å². The van der Waals surface area contributed by atoms with E-state index in [1.807, 2.05) is 6.92 Å². The molecule has 0 aromatic carbocycles. The van der Waals surface area contributed by atoms with E-state index in [1.54, 1.807) is 6.92 Å². The Morgan fingerprint density at radius 3 is 2.75 bits per heavy atom. The van der Waals surface area contributed by atoms with Crippen LogP contribution in [0.2, 0.25) is 5.02 Å². The highest BCUT2D eigenvalue weighted by molar-refractivity contribution is 6.32. The predicted molar refractivity (Wildman–Crippen MR) is 74.0 cm³/mol. The van der Waals surface area contributed by atoms with E-state index >= 15 is 0 Å². The molecule has 20 heavy (non-hydrogen) atoms. The van der Waals surface area contributed by atoms with Crippen molar-refractivity contribution in [2.75, 3.05) is 13.2 Å². The Bertz CT molecular complexity index is 493. The van der Waals surface area contributed by atoms with Gasteiger partial charge in [-0.2, -0.15) is 0 Å². The molecule has 1 heterocycles. The van der Waals surface area contributed by atoms with Crippen molar-refractivity contribution in [1.82, 2.24) is 10.3 Å². The molecule has 0 spiro atoms. The molecular formula is C13H17ClN2O4. The van der Waals surface area contributed by atoms with Crippen molar-refractivity contribution in [3.63, 3.8) is 0 Å². The van der Waals surface area contributed by atoms with Crippen LogP contribution in [-0.2, 0) is 9.53 Å². The second kappa shape index (κ2) is 7.81. The number of carbonyl (C=O) groups is 2. The minimum absolute atomic E-state index is 0.0481. The summed E-state index contributed by atoms with van der Waals surface area (Å²) in [7, 11) is 0. The molecule has 0 aliphatic carbocycles. The zero-order valence-electron chi connectivity index (χ0n) is 11.4. The first-order valence-corrected chi connectivity index (χ1v) is 6.67. The number of hydrogen-bond acceptors (Lipinski definition) is 6. The number of ether oxygens (including phenoxy) is 1. The van der Waals surface area contributed by atoms with Crippen LogP contribution in [0.25, 0.3) is 0 Å². The zero-order chi connectivity index (χ0) is 15.1.